The number of anilines is 1. The van der Waals surface area contributed by atoms with Crippen LogP contribution in [0.4, 0.5) is 89.9 Å². The summed E-state index contributed by atoms with van der Waals surface area (Å²) in [7, 11) is -8.23. The lowest BCUT2D eigenvalue weighted by molar-refractivity contribution is -0.458. The fraction of sp³-hybridized carbons (Fsp3) is 0.400. The molecule has 0 radical (unpaired) electrons. The lowest BCUT2D eigenvalue weighted by Crippen LogP contribution is -2.77. The Morgan fingerprint density at radius 3 is 1.29 bits per heavy atom. The number of hydrogen-bond donors (Lipinski definition) is 3. The summed E-state index contributed by atoms with van der Waals surface area (Å²) in [6.07, 6.45) is -18.0. The summed E-state index contributed by atoms with van der Waals surface area (Å²) in [5, 5.41) is -5.06. The topological polar surface area (TPSA) is 160 Å². The number of piperazine rings is 1. The molecule has 1 saturated heterocycles. The van der Waals surface area contributed by atoms with Crippen molar-refractivity contribution in [1.82, 2.24) is 14.9 Å². The molecule has 3 aromatic carbocycles. The molecule has 12 nitrogen and oxygen atoms in total. The normalized spacial score (nSPS) is 17.6. The number of primary amides is 1. The number of alkyl halides is 17. The lowest BCUT2D eigenvalue weighted by Gasteiger charge is -2.48. The van der Waals surface area contributed by atoms with Crippen molar-refractivity contribution in [2.24, 2.45) is 5.73 Å². The van der Waals surface area contributed by atoms with Gasteiger partial charge in [-0.3, -0.25) is 4.79 Å². The van der Waals surface area contributed by atoms with Crippen molar-refractivity contribution in [2.45, 2.75) is 72.5 Å². The molecular weight excluding hydrogens is 957 g/mol. The maximum atomic E-state index is 15.9. The Balaban J connectivity index is 1.90. The number of ether oxygens (including phenoxy) is 2. The number of rotatable bonds is 16. The van der Waals surface area contributed by atoms with Crippen LogP contribution in [0.25, 0.3) is 0 Å². The van der Waals surface area contributed by atoms with Crippen LogP contribution in [0.15, 0.2) is 84.9 Å². The molecule has 4 N–H and O–H groups in total. The largest absolute Gasteiger partial charge is 0.460 e. The fourth-order valence-electron chi connectivity index (χ4n) is 5.82. The van der Waals surface area contributed by atoms with Crippen molar-refractivity contribution in [3.63, 3.8) is 0 Å². The minimum atomic E-state index is -9.14. The third-order valence-corrected chi connectivity index (χ3v) is 11.2. The molecule has 2 unspecified atom stereocenters. The molecule has 0 aromatic heterocycles. The first-order valence-electron chi connectivity index (χ1n) is 17.4. The molecule has 0 aliphatic carbocycles. The molecular formula is C35H28F17N5O7S. The van der Waals surface area contributed by atoms with Gasteiger partial charge in [0.15, 0.2) is 0 Å². The number of hydrogen-bond acceptors (Lipinski definition) is 8. The fourth-order valence-corrected chi connectivity index (χ4v) is 7.45. The highest BCUT2D eigenvalue weighted by Crippen LogP contribution is 2.64. The number of nitrogens with two attached hydrogens (primary N) is 1. The van der Waals surface area contributed by atoms with E-state index in [1.807, 2.05) is 0 Å². The number of alkyl carbamates (subject to hydrolysis) is 2. The first kappa shape index (κ1) is 51.8. The van der Waals surface area contributed by atoms with Crippen molar-refractivity contribution in [3.8, 4) is 0 Å². The second-order valence-electron chi connectivity index (χ2n) is 13.5. The average molecular weight is 986 g/mol. The molecule has 1 aliphatic rings. The van der Waals surface area contributed by atoms with Crippen LogP contribution in [0, 0.1) is 0 Å². The Morgan fingerprint density at radius 2 is 0.908 bits per heavy atom. The van der Waals surface area contributed by atoms with Crippen LogP contribution in [0.3, 0.4) is 0 Å². The molecule has 4 rings (SSSR count). The Morgan fingerprint density at radius 1 is 0.554 bits per heavy atom. The zero-order valence-corrected chi connectivity index (χ0v) is 32.5. The summed E-state index contributed by atoms with van der Waals surface area (Å²) in [4.78, 5) is 39.1. The molecule has 3 amide bonds. The van der Waals surface area contributed by atoms with Gasteiger partial charge >= 0.3 is 59.2 Å². The zero-order chi connectivity index (χ0) is 49.4. The standard InChI is InChI=1S/C35H28F17N5O7S/c36-28(37,30(40,41)32(44,45)34(48,49)50)29(38,39)31(42,43)33(46,47)35(51,52)65(61,62)57-23(54-26(59)63-17-19-9-3-1-4-10-19)15-56(22-14-8-7-13-21(22)25(53)58)16-24(57)55-27(60)64-18-20-11-5-2-6-12-20/h1-14,23-24H,15-18H2,(H2,53,58)(H,54,59)(H,55,60). The van der Waals surface area contributed by atoms with E-state index < -0.39 is 129 Å². The molecule has 3 aromatic rings. The Hall–Kier alpha value is -5.81. The predicted molar refractivity (Wildman–Crippen MR) is 186 cm³/mol. The molecule has 1 aliphatic heterocycles. The minimum absolute atomic E-state index is 0.137. The maximum Gasteiger partial charge on any atom is 0.460 e. The molecule has 0 bridgehead atoms. The summed E-state index contributed by atoms with van der Waals surface area (Å²) in [6.45, 7) is -4.47. The van der Waals surface area contributed by atoms with Crippen molar-refractivity contribution in [3.05, 3.63) is 102 Å². The van der Waals surface area contributed by atoms with Gasteiger partial charge in [0.05, 0.1) is 18.7 Å². The quantitative estimate of drug-likeness (QED) is 0.123. The van der Waals surface area contributed by atoms with Gasteiger partial charge < -0.3 is 30.7 Å². The summed E-state index contributed by atoms with van der Waals surface area (Å²) < 4.78 is 279. The van der Waals surface area contributed by atoms with E-state index >= 15 is 17.6 Å². The third kappa shape index (κ3) is 9.22. The second-order valence-corrected chi connectivity index (χ2v) is 15.4. The highest BCUT2D eigenvalue weighted by Gasteiger charge is 2.96. The third-order valence-electron chi connectivity index (χ3n) is 9.20. The molecule has 2 atom stereocenters. The number of para-hydroxylation sites is 1. The number of halogens is 17. The first-order chi connectivity index (χ1) is 29.6. The minimum Gasteiger partial charge on any atom is -0.445 e. The van der Waals surface area contributed by atoms with E-state index in [9.17, 15) is 79.9 Å². The van der Waals surface area contributed by atoms with Crippen LogP contribution in [-0.4, -0.2) is 103 Å². The summed E-state index contributed by atoms with van der Waals surface area (Å²) in [5.41, 5.74) is 4.66. The van der Waals surface area contributed by atoms with Crippen molar-refractivity contribution in [2.75, 3.05) is 18.0 Å². The van der Waals surface area contributed by atoms with E-state index in [0.29, 0.717) is 4.90 Å². The van der Waals surface area contributed by atoms with Gasteiger partial charge in [0.1, 0.15) is 25.5 Å². The predicted octanol–water partition coefficient (Wildman–Crippen LogP) is 7.71. The zero-order valence-electron chi connectivity index (χ0n) is 31.7. The number of amides is 3. The van der Waals surface area contributed by atoms with Gasteiger partial charge in [-0.2, -0.15) is 74.6 Å². The van der Waals surface area contributed by atoms with Gasteiger partial charge in [-0.1, -0.05) is 72.8 Å². The van der Waals surface area contributed by atoms with Gasteiger partial charge in [-0.05, 0) is 23.3 Å². The summed E-state index contributed by atoms with van der Waals surface area (Å²) in [5.74, 6) is -54.7. The summed E-state index contributed by atoms with van der Waals surface area (Å²) in [6, 6.07) is 17.9. The molecule has 360 valence electrons. The molecule has 1 heterocycles. The van der Waals surface area contributed by atoms with Crippen LogP contribution in [0.1, 0.15) is 21.5 Å². The van der Waals surface area contributed by atoms with E-state index in [1.165, 1.54) is 77.4 Å². The molecule has 0 saturated carbocycles. The summed E-state index contributed by atoms with van der Waals surface area (Å²) >= 11 is 0. The van der Waals surface area contributed by atoms with Crippen molar-refractivity contribution >= 4 is 33.8 Å². The van der Waals surface area contributed by atoms with E-state index in [4.69, 9.17) is 15.2 Å². The van der Waals surface area contributed by atoms with Gasteiger partial charge in [0, 0.05) is 5.69 Å². The molecule has 0 spiro atoms. The first-order valence-corrected chi connectivity index (χ1v) is 18.9. The van der Waals surface area contributed by atoms with Crippen LogP contribution < -0.4 is 21.3 Å². The number of sulfonamides is 1. The lowest BCUT2D eigenvalue weighted by atomic mass is 9.91. The van der Waals surface area contributed by atoms with E-state index in [0.717, 1.165) is 18.2 Å². The SMILES string of the molecule is NC(=O)c1ccccc1N1CC(NC(=O)OCc2ccccc2)N(S(=O)(=O)C(F)(F)C(F)(F)C(F)(F)C(F)(F)C(F)(F)C(F)(F)C(F)(F)C(F)(F)F)C(NC(=O)OCc2ccccc2)C1. The van der Waals surface area contributed by atoms with Crippen LogP contribution in [-0.2, 0) is 32.7 Å². The number of nitrogens with zero attached hydrogens (tertiary/aromatic N) is 2. The van der Waals surface area contributed by atoms with Gasteiger partial charge in [0.25, 0.3) is 15.9 Å². The van der Waals surface area contributed by atoms with Gasteiger partial charge in [-0.25, -0.2) is 18.0 Å². The Bertz CT molecular complexity index is 2240. The average Bonchev–Trinajstić information content (AvgIpc) is 3.21. The van der Waals surface area contributed by atoms with Crippen LogP contribution in [0.5, 0.6) is 0 Å². The highest BCUT2D eigenvalue weighted by atomic mass is 32.2. The Labute approximate surface area is 353 Å². The second kappa shape index (κ2) is 17.9. The van der Waals surface area contributed by atoms with Crippen LogP contribution in [0.2, 0.25) is 0 Å². The highest BCUT2D eigenvalue weighted by molar-refractivity contribution is 7.90. The number of carbonyl (C=O) groups is 3. The van der Waals surface area contributed by atoms with Crippen molar-refractivity contribution < 1.29 is 107 Å². The van der Waals surface area contributed by atoms with E-state index in [-0.39, 0.29) is 11.1 Å². The number of carbonyl (C=O) groups excluding carboxylic acids is 3. The van der Waals surface area contributed by atoms with Gasteiger partial charge in [0.2, 0.25) is 0 Å². The van der Waals surface area contributed by atoms with Crippen LogP contribution >= 0.6 is 0 Å². The molecule has 30 heteroatoms. The van der Waals surface area contributed by atoms with E-state index in [1.54, 1.807) is 0 Å². The maximum absolute atomic E-state index is 15.9. The van der Waals surface area contributed by atoms with Crippen molar-refractivity contribution in [1.29, 1.82) is 0 Å². The Kier molecular flexibility index (Phi) is 14.2. The monoisotopic (exact) mass is 985 g/mol. The van der Waals surface area contributed by atoms with Gasteiger partial charge in [-0.15, -0.1) is 4.31 Å². The molecule has 1 fully saturated rings. The number of benzene rings is 3. The van der Waals surface area contributed by atoms with E-state index in [2.05, 4.69) is 0 Å². The molecule has 65 heavy (non-hydrogen) atoms. The number of nitrogens with one attached hydrogen (secondary N) is 2. The smallest absolute Gasteiger partial charge is 0.445 e.